The van der Waals surface area contributed by atoms with Crippen LogP contribution in [0.25, 0.3) is 0 Å². The molecule has 0 radical (unpaired) electrons. The first-order valence-corrected chi connectivity index (χ1v) is 4.21. The third-order valence-electron chi connectivity index (χ3n) is 2.02. The van der Waals surface area contributed by atoms with Crippen LogP contribution in [0.4, 0.5) is 0 Å². The van der Waals surface area contributed by atoms with Gasteiger partial charge in [0, 0.05) is 12.0 Å². The summed E-state index contributed by atoms with van der Waals surface area (Å²) < 4.78 is 0. The average Bonchev–Trinajstić information content (AvgIpc) is 2.13. The quantitative estimate of drug-likeness (QED) is 0.448. The number of carboxylic acid groups (broad SMARTS) is 1. The van der Waals surface area contributed by atoms with E-state index in [0.717, 1.165) is 6.08 Å². The van der Waals surface area contributed by atoms with Crippen LogP contribution in [0.1, 0.15) is 12.8 Å². The summed E-state index contributed by atoms with van der Waals surface area (Å²) in [4.78, 5) is 43.4. The molecule has 6 nitrogen and oxygen atoms in total. The number of carboxylic acids is 1. The van der Waals surface area contributed by atoms with Crippen LogP contribution < -0.4 is 5.73 Å². The monoisotopic (exact) mass is 211 g/mol. The van der Waals surface area contributed by atoms with Crippen molar-refractivity contribution in [2.75, 3.05) is 0 Å². The molecule has 1 unspecified atom stereocenters. The van der Waals surface area contributed by atoms with E-state index in [4.69, 9.17) is 10.8 Å². The zero-order valence-electron chi connectivity index (χ0n) is 7.73. The van der Waals surface area contributed by atoms with Crippen molar-refractivity contribution in [2.24, 2.45) is 5.73 Å². The molecule has 80 valence electrons. The van der Waals surface area contributed by atoms with Gasteiger partial charge in [0.15, 0.2) is 5.78 Å². The molecular formula is C9H9NO5. The van der Waals surface area contributed by atoms with Crippen LogP contribution in [0.3, 0.4) is 0 Å². The first kappa shape index (κ1) is 11.3. The van der Waals surface area contributed by atoms with Crippen LogP contribution in [-0.2, 0) is 19.2 Å². The van der Waals surface area contributed by atoms with E-state index in [1.54, 1.807) is 0 Å². The van der Waals surface area contributed by atoms with Gasteiger partial charge in [0.05, 0.1) is 6.42 Å². The number of carbonyl (C=O) groups is 4. The Labute approximate surface area is 84.7 Å². The van der Waals surface area contributed by atoms with Crippen molar-refractivity contribution >= 4 is 23.3 Å². The van der Waals surface area contributed by atoms with Gasteiger partial charge < -0.3 is 10.8 Å². The minimum Gasteiger partial charge on any atom is -0.480 e. The fourth-order valence-corrected chi connectivity index (χ4v) is 1.16. The van der Waals surface area contributed by atoms with Gasteiger partial charge in [0.25, 0.3) is 0 Å². The van der Waals surface area contributed by atoms with Crippen molar-refractivity contribution in [1.29, 1.82) is 0 Å². The summed E-state index contributed by atoms with van der Waals surface area (Å²) in [6.45, 7) is 0. The molecule has 1 atom stereocenters. The van der Waals surface area contributed by atoms with Gasteiger partial charge in [-0.1, -0.05) is 0 Å². The minimum atomic E-state index is -1.26. The van der Waals surface area contributed by atoms with Crippen molar-refractivity contribution in [3.63, 3.8) is 0 Å². The maximum absolute atomic E-state index is 11.2. The number of hydrogen-bond acceptors (Lipinski definition) is 5. The van der Waals surface area contributed by atoms with Crippen molar-refractivity contribution in [3.05, 3.63) is 11.6 Å². The van der Waals surface area contributed by atoms with Crippen molar-refractivity contribution < 1.29 is 24.3 Å². The Morgan fingerprint density at radius 3 is 2.53 bits per heavy atom. The van der Waals surface area contributed by atoms with E-state index in [1.807, 2.05) is 0 Å². The Kier molecular flexibility index (Phi) is 3.11. The van der Waals surface area contributed by atoms with Crippen LogP contribution in [-0.4, -0.2) is 34.5 Å². The van der Waals surface area contributed by atoms with Crippen LogP contribution in [0, 0.1) is 0 Å². The maximum atomic E-state index is 11.2. The summed E-state index contributed by atoms with van der Waals surface area (Å²) in [6.07, 6.45) is 0.154. The zero-order valence-corrected chi connectivity index (χ0v) is 7.73. The van der Waals surface area contributed by atoms with E-state index in [2.05, 4.69) is 0 Å². The van der Waals surface area contributed by atoms with E-state index in [1.165, 1.54) is 0 Å². The van der Waals surface area contributed by atoms with Gasteiger partial charge in [-0.05, 0) is 6.08 Å². The summed E-state index contributed by atoms with van der Waals surface area (Å²) in [5.74, 6) is -3.33. The zero-order chi connectivity index (χ0) is 11.6. The molecule has 0 aromatic carbocycles. The fraction of sp³-hybridized carbons (Fsp3) is 0.333. The number of ketones is 3. The van der Waals surface area contributed by atoms with E-state index in [-0.39, 0.29) is 12.0 Å². The van der Waals surface area contributed by atoms with Crippen molar-refractivity contribution in [3.8, 4) is 0 Å². The van der Waals surface area contributed by atoms with Crippen LogP contribution in [0.5, 0.6) is 0 Å². The van der Waals surface area contributed by atoms with Crippen molar-refractivity contribution in [2.45, 2.75) is 18.9 Å². The molecule has 1 aliphatic carbocycles. The third-order valence-corrected chi connectivity index (χ3v) is 2.02. The summed E-state index contributed by atoms with van der Waals surface area (Å²) in [7, 11) is 0. The number of rotatable bonds is 3. The molecule has 1 aliphatic rings. The Morgan fingerprint density at radius 1 is 1.40 bits per heavy atom. The Balaban J connectivity index is 2.82. The Bertz CT molecular complexity index is 382. The van der Waals surface area contributed by atoms with Gasteiger partial charge in [-0.15, -0.1) is 0 Å². The van der Waals surface area contributed by atoms with Gasteiger partial charge in [0.2, 0.25) is 11.6 Å². The average molecular weight is 211 g/mol. The molecule has 0 saturated carbocycles. The smallest absolute Gasteiger partial charge is 0.320 e. The molecule has 3 N–H and O–H groups in total. The highest BCUT2D eigenvalue weighted by molar-refractivity contribution is 6.48. The second-order valence-corrected chi connectivity index (χ2v) is 3.21. The standard InChI is InChI=1S/C9H9NO5/c10-5(9(14)15)1-4-2-7(12)8(13)3-6(4)11/h2,5H,1,3,10H2,(H,14,15). The molecule has 15 heavy (non-hydrogen) atoms. The molecule has 6 heteroatoms. The topological polar surface area (TPSA) is 115 Å². The lowest BCUT2D eigenvalue weighted by Crippen LogP contribution is -2.33. The predicted molar refractivity (Wildman–Crippen MR) is 47.9 cm³/mol. The first-order valence-electron chi connectivity index (χ1n) is 4.21. The summed E-state index contributed by atoms with van der Waals surface area (Å²) >= 11 is 0. The Morgan fingerprint density at radius 2 is 2.00 bits per heavy atom. The molecule has 0 fully saturated rings. The molecule has 1 rings (SSSR count). The van der Waals surface area contributed by atoms with Gasteiger partial charge in [-0.25, -0.2) is 0 Å². The van der Waals surface area contributed by atoms with Crippen molar-refractivity contribution in [1.82, 2.24) is 0 Å². The maximum Gasteiger partial charge on any atom is 0.320 e. The Hall–Kier alpha value is -1.82. The molecule has 0 aliphatic heterocycles. The van der Waals surface area contributed by atoms with Gasteiger partial charge in [-0.3, -0.25) is 19.2 Å². The summed E-state index contributed by atoms with van der Waals surface area (Å²) in [6, 6.07) is -1.23. The largest absolute Gasteiger partial charge is 0.480 e. The number of Topliss-reactive ketones (excluding diaryl/α,β-unsaturated/α-hetero) is 2. The van der Waals surface area contributed by atoms with Gasteiger partial charge >= 0.3 is 5.97 Å². The molecule has 0 amide bonds. The number of aliphatic carboxylic acids is 1. The van der Waals surface area contributed by atoms with Crippen LogP contribution in [0.15, 0.2) is 11.6 Å². The molecular weight excluding hydrogens is 202 g/mol. The molecule has 0 heterocycles. The molecule has 0 saturated heterocycles. The fourth-order valence-electron chi connectivity index (χ4n) is 1.16. The number of hydrogen-bond donors (Lipinski definition) is 2. The van der Waals surface area contributed by atoms with E-state index >= 15 is 0 Å². The number of carbonyl (C=O) groups excluding carboxylic acids is 3. The second-order valence-electron chi connectivity index (χ2n) is 3.21. The van der Waals surface area contributed by atoms with E-state index in [0.29, 0.717) is 0 Å². The lowest BCUT2D eigenvalue weighted by Gasteiger charge is -2.12. The van der Waals surface area contributed by atoms with E-state index < -0.39 is 35.8 Å². The lowest BCUT2D eigenvalue weighted by atomic mass is 9.92. The summed E-state index contributed by atoms with van der Waals surface area (Å²) in [5, 5.41) is 8.50. The highest BCUT2D eigenvalue weighted by Crippen LogP contribution is 2.14. The normalized spacial score (nSPS) is 18.7. The lowest BCUT2D eigenvalue weighted by molar-refractivity contribution is -0.138. The third kappa shape index (κ3) is 2.57. The minimum absolute atomic E-state index is 0.00880. The number of allylic oxidation sites excluding steroid dienone is 1. The number of nitrogens with two attached hydrogens (primary N) is 1. The molecule has 0 spiro atoms. The van der Waals surface area contributed by atoms with Gasteiger partial charge in [-0.2, -0.15) is 0 Å². The van der Waals surface area contributed by atoms with Crippen LogP contribution in [0.2, 0.25) is 0 Å². The highest BCUT2D eigenvalue weighted by atomic mass is 16.4. The van der Waals surface area contributed by atoms with Gasteiger partial charge in [0.1, 0.15) is 6.04 Å². The first-order chi connectivity index (χ1) is 6.91. The summed E-state index contributed by atoms with van der Waals surface area (Å²) in [5.41, 5.74) is 5.21. The molecule has 0 bridgehead atoms. The second kappa shape index (κ2) is 4.14. The molecule has 0 aromatic rings. The molecule has 0 aromatic heterocycles. The highest BCUT2D eigenvalue weighted by Gasteiger charge is 2.28. The van der Waals surface area contributed by atoms with Crippen LogP contribution >= 0.6 is 0 Å². The SMILES string of the molecule is NC(CC1=CC(=O)C(=O)CC1=O)C(=O)O. The van der Waals surface area contributed by atoms with E-state index in [9.17, 15) is 19.2 Å². The predicted octanol–water partition coefficient (Wildman–Crippen LogP) is -1.17.